The van der Waals surface area contributed by atoms with Gasteiger partial charge in [-0.2, -0.15) is 0 Å². The van der Waals surface area contributed by atoms with E-state index in [4.69, 9.17) is 4.74 Å². The zero-order valence-corrected chi connectivity index (χ0v) is 12.9. The third-order valence-electron chi connectivity index (χ3n) is 3.33. The van der Waals surface area contributed by atoms with Crippen molar-refractivity contribution >= 4 is 21.8 Å². The van der Waals surface area contributed by atoms with E-state index in [2.05, 4.69) is 21.2 Å². The smallest absolute Gasteiger partial charge is 0.248 e. The number of hydrogen-bond donors (Lipinski definition) is 1. The topological polar surface area (TPSA) is 41.6 Å². The molecule has 19 heavy (non-hydrogen) atoms. The average Bonchev–Trinajstić information content (AvgIpc) is 2.36. The van der Waals surface area contributed by atoms with E-state index in [0.29, 0.717) is 6.54 Å². The minimum atomic E-state index is -0.177. The van der Waals surface area contributed by atoms with Gasteiger partial charge in [-0.05, 0) is 18.6 Å². The summed E-state index contributed by atoms with van der Waals surface area (Å²) in [6, 6.07) is 7.91. The molecule has 0 bridgehead atoms. The van der Waals surface area contributed by atoms with Crippen LogP contribution in [0.3, 0.4) is 0 Å². The number of halogens is 1. The van der Waals surface area contributed by atoms with Crippen LogP contribution in [0.25, 0.3) is 0 Å². The summed E-state index contributed by atoms with van der Waals surface area (Å²) in [5.74, 6) is 0.00359. The highest BCUT2D eigenvalue weighted by atomic mass is 79.9. The molecule has 0 unspecified atom stereocenters. The molecular weight excluding hydrogens is 308 g/mol. The van der Waals surface area contributed by atoms with Crippen molar-refractivity contribution in [2.24, 2.45) is 0 Å². The first-order valence-electron chi connectivity index (χ1n) is 6.32. The second-order valence-corrected chi connectivity index (χ2v) is 6.04. The van der Waals surface area contributed by atoms with E-state index in [1.807, 2.05) is 31.2 Å². The molecule has 0 saturated carbocycles. The van der Waals surface area contributed by atoms with Gasteiger partial charge in [0.1, 0.15) is 6.61 Å². The Kier molecular flexibility index (Phi) is 4.60. The second kappa shape index (κ2) is 6.03. The molecule has 4 nitrogen and oxygen atoms in total. The van der Waals surface area contributed by atoms with Crippen LogP contribution in [0, 0.1) is 0 Å². The van der Waals surface area contributed by atoms with Crippen LogP contribution < -0.4 is 5.32 Å². The SMILES string of the molecule is CN(Cc1ccccc1Br)C(=O)COC1(C)CNC1. The van der Waals surface area contributed by atoms with Crippen molar-refractivity contribution in [2.75, 3.05) is 26.7 Å². The van der Waals surface area contributed by atoms with E-state index in [1.165, 1.54) is 0 Å². The first-order valence-corrected chi connectivity index (χ1v) is 7.11. The summed E-state index contributed by atoms with van der Waals surface area (Å²) in [5, 5.41) is 3.15. The number of nitrogens with zero attached hydrogens (tertiary/aromatic N) is 1. The van der Waals surface area contributed by atoms with Crippen LogP contribution in [-0.2, 0) is 16.1 Å². The Balaban J connectivity index is 1.84. The number of benzene rings is 1. The Morgan fingerprint density at radius 1 is 1.47 bits per heavy atom. The molecule has 0 aromatic heterocycles. The maximum absolute atomic E-state index is 12.0. The maximum atomic E-state index is 12.0. The number of amides is 1. The Hall–Kier alpha value is -0.910. The molecule has 1 aromatic carbocycles. The normalized spacial score (nSPS) is 16.8. The van der Waals surface area contributed by atoms with E-state index in [0.717, 1.165) is 23.1 Å². The number of carbonyl (C=O) groups excluding carboxylic acids is 1. The standard InChI is InChI=1S/C14H19BrN2O2/c1-14(9-16-10-14)19-8-13(18)17(2)7-11-5-3-4-6-12(11)15/h3-6,16H,7-10H2,1-2H3. The number of likely N-dealkylation sites (N-methyl/N-ethyl adjacent to an activating group) is 1. The number of carbonyl (C=O) groups is 1. The molecule has 1 aliphatic rings. The molecule has 1 fully saturated rings. The van der Waals surface area contributed by atoms with Crippen molar-refractivity contribution in [1.82, 2.24) is 10.2 Å². The molecule has 0 atom stereocenters. The van der Waals surface area contributed by atoms with Crippen LogP contribution in [-0.4, -0.2) is 43.2 Å². The molecule has 1 aliphatic heterocycles. The van der Waals surface area contributed by atoms with Gasteiger partial charge in [-0.15, -0.1) is 0 Å². The molecule has 2 rings (SSSR count). The molecule has 104 valence electrons. The zero-order chi connectivity index (χ0) is 13.9. The summed E-state index contributed by atoms with van der Waals surface area (Å²) < 4.78 is 6.67. The van der Waals surface area contributed by atoms with Crippen LogP contribution in [0.4, 0.5) is 0 Å². The third-order valence-corrected chi connectivity index (χ3v) is 4.11. The lowest BCUT2D eigenvalue weighted by Crippen LogP contribution is -2.59. The zero-order valence-electron chi connectivity index (χ0n) is 11.3. The molecule has 0 aliphatic carbocycles. The third kappa shape index (κ3) is 3.78. The highest BCUT2D eigenvalue weighted by Gasteiger charge is 2.33. The van der Waals surface area contributed by atoms with Crippen LogP contribution in [0.1, 0.15) is 12.5 Å². The minimum Gasteiger partial charge on any atom is -0.363 e. The fourth-order valence-corrected chi connectivity index (χ4v) is 2.31. The van der Waals surface area contributed by atoms with Crippen molar-refractivity contribution in [2.45, 2.75) is 19.1 Å². The van der Waals surface area contributed by atoms with E-state index in [1.54, 1.807) is 11.9 Å². The molecular formula is C14H19BrN2O2. The van der Waals surface area contributed by atoms with E-state index < -0.39 is 0 Å². The van der Waals surface area contributed by atoms with Gasteiger partial charge in [-0.1, -0.05) is 34.1 Å². The largest absolute Gasteiger partial charge is 0.363 e. The Bertz CT molecular complexity index is 461. The van der Waals surface area contributed by atoms with Gasteiger partial charge in [0.2, 0.25) is 5.91 Å². The number of hydrogen-bond acceptors (Lipinski definition) is 3. The maximum Gasteiger partial charge on any atom is 0.248 e. The van der Waals surface area contributed by atoms with Crippen molar-refractivity contribution in [3.63, 3.8) is 0 Å². The van der Waals surface area contributed by atoms with Gasteiger partial charge in [0.05, 0.1) is 5.60 Å². The van der Waals surface area contributed by atoms with Gasteiger partial charge in [0.25, 0.3) is 0 Å². The lowest BCUT2D eigenvalue weighted by Gasteiger charge is -2.39. The molecule has 0 radical (unpaired) electrons. The van der Waals surface area contributed by atoms with Gasteiger partial charge in [0, 0.05) is 31.2 Å². The summed E-state index contributed by atoms with van der Waals surface area (Å²) >= 11 is 3.49. The fourth-order valence-electron chi connectivity index (χ4n) is 1.90. The van der Waals surface area contributed by atoms with Crippen molar-refractivity contribution in [3.8, 4) is 0 Å². The van der Waals surface area contributed by atoms with Crippen LogP contribution in [0.2, 0.25) is 0 Å². The predicted molar refractivity (Wildman–Crippen MR) is 77.8 cm³/mol. The monoisotopic (exact) mass is 326 g/mol. The predicted octanol–water partition coefficient (Wildman–Crippen LogP) is 1.79. The number of ether oxygens (including phenoxy) is 1. The molecule has 1 aromatic rings. The fraction of sp³-hybridized carbons (Fsp3) is 0.500. The number of nitrogens with one attached hydrogen (secondary N) is 1. The lowest BCUT2D eigenvalue weighted by molar-refractivity contribution is -0.145. The van der Waals surface area contributed by atoms with Gasteiger partial charge in [-0.3, -0.25) is 4.79 Å². The summed E-state index contributed by atoms with van der Waals surface area (Å²) in [5.41, 5.74) is 0.916. The molecule has 5 heteroatoms. The van der Waals surface area contributed by atoms with Crippen LogP contribution in [0.5, 0.6) is 0 Å². The summed E-state index contributed by atoms with van der Waals surface area (Å²) in [6.45, 7) is 4.37. The Morgan fingerprint density at radius 3 is 2.74 bits per heavy atom. The van der Waals surface area contributed by atoms with E-state index in [9.17, 15) is 4.79 Å². The lowest BCUT2D eigenvalue weighted by atomic mass is 10.0. The molecule has 1 N–H and O–H groups in total. The van der Waals surface area contributed by atoms with Gasteiger partial charge < -0.3 is 15.0 Å². The Morgan fingerprint density at radius 2 is 2.16 bits per heavy atom. The van der Waals surface area contributed by atoms with Crippen molar-refractivity contribution < 1.29 is 9.53 Å². The van der Waals surface area contributed by atoms with Crippen LogP contribution >= 0.6 is 15.9 Å². The highest BCUT2D eigenvalue weighted by molar-refractivity contribution is 9.10. The molecule has 1 amide bonds. The first kappa shape index (κ1) is 14.5. The average molecular weight is 327 g/mol. The van der Waals surface area contributed by atoms with E-state index in [-0.39, 0.29) is 18.1 Å². The summed E-state index contributed by atoms with van der Waals surface area (Å²) in [7, 11) is 1.80. The number of rotatable bonds is 5. The van der Waals surface area contributed by atoms with Gasteiger partial charge >= 0.3 is 0 Å². The van der Waals surface area contributed by atoms with Gasteiger partial charge in [-0.25, -0.2) is 0 Å². The Labute approximate surface area is 122 Å². The van der Waals surface area contributed by atoms with E-state index >= 15 is 0 Å². The minimum absolute atomic E-state index is 0.00359. The molecule has 1 saturated heterocycles. The first-order chi connectivity index (χ1) is 9.00. The van der Waals surface area contributed by atoms with Crippen LogP contribution in [0.15, 0.2) is 28.7 Å². The molecule has 0 spiro atoms. The van der Waals surface area contributed by atoms with Crippen molar-refractivity contribution in [1.29, 1.82) is 0 Å². The highest BCUT2D eigenvalue weighted by Crippen LogP contribution is 2.18. The van der Waals surface area contributed by atoms with Gasteiger partial charge in [0.15, 0.2) is 0 Å². The second-order valence-electron chi connectivity index (χ2n) is 5.18. The molecule has 1 heterocycles. The summed E-state index contributed by atoms with van der Waals surface area (Å²) in [4.78, 5) is 13.7. The summed E-state index contributed by atoms with van der Waals surface area (Å²) in [6.07, 6.45) is 0. The quantitative estimate of drug-likeness (QED) is 0.896. The van der Waals surface area contributed by atoms with Crippen molar-refractivity contribution in [3.05, 3.63) is 34.3 Å².